The van der Waals surface area contributed by atoms with Crippen molar-refractivity contribution in [3.63, 3.8) is 0 Å². The average molecular weight is 482 g/mol. The molecule has 1 aromatic heterocycles. The summed E-state index contributed by atoms with van der Waals surface area (Å²) in [5.41, 5.74) is 1.19. The molecule has 1 fully saturated rings. The monoisotopic (exact) mass is 481 g/mol. The molecule has 0 radical (unpaired) electrons. The van der Waals surface area contributed by atoms with Gasteiger partial charge >= 0.3 is 0 Å². The van der Waals surface area contributed by atoms with Crippen LogP contribution in [0.15, 0.2) is 81.4 Å². The van der Waals surface area contributed by atoms with Gasteiger partial charge in [0.25, 0.3) is 11.7 Å². The number of nitrogens with zero attached hydrogens (tertiary/aromatic N) is 1. The van der Waals surface area contributed by atoms with Crippen molar-refractivity contribution < 1.29 is 23.8 Å². The number of furan rings is 1. The number of amides is 1. The number of hydrogen-bond donors (Lipinski definition) is 1. The van der Waals surface area contributed by atoms with E-state index in [0.29, 0.717) is 29.2 Å². The Hall–Kier alpha value is -3.32. The fraction of sp³-hybridized carbons (Fsp3) is 0.167. The van der Waals surface area contributed by atoms with Crippen molar-refractivity contribution in [2.75, 3.05) is 6.61 Å². The molecule has 4 rings (SSSR count). The molecule has 6 nitrogen and oxygen atoms in total. The molecule has 1 atom stereocenters. The van der Waals surface area contributed by atoms with E-state index in [1.165, 1.54) is 11.2 Å². The van der Waals surface area contributed by atoms with E-state index in [4.69, 9.17) is 9.15 Å². The van der Waals surface area contributed by atoms with Crippen LogP contribution in [0.2, 0.25) is 0 Å². The lowest BCUT2D eigenvalue weighted by molar-refractivity contribution is -0.140. The van der Waals surface area contributed by atoms with Gasteiger partial charge in [-0.15, -0.1) is 0 Å². The average Bonchev–Trinajstić information content (AvgIpc) is 3.37. The standard InChI is InChI=1S/C24H20BrNO5/c1-2-30-18-11-7-15(8-12-18)21-20(22(27)16-5-9-17(25)10-6-16)23(28)24(29)26(21)14-19-4-3-13-31-19/h3-13,21,27H,2,14H2,1H3/b22-20-. The van der Waals surface area contributed by atoms with Gasteiger partial charge in [0.05, 0.1) is 31.0 Å². The molecule has 2 heterocycles. The molecule has 1 aliphatic rings. The number of ether oxygens (including phenoxy) is 1. The van der Waals surface area contributed by atoms with E-state index in [9.17, 15) is 14.7 Å². The molecule has 3 aromatic rings. The smallest absolute Gasteiger partial charge is 0.296 e. The van der Waals surface area contributed by atoms with Gasteiger partial charge in [-0.3, -0.25) is 9.59 Å². The normalized spacial score (nSPS) is 17.9. The fourth-order valence-electron chi connectivity index (χ4n) is 3.64. The highest BCUT2D eigenvalue weighted by atomic mass is 79.9. The van der Waals surface area contributed by atoms with Gasteiger partial charge in [0, 0.05) is 10.0 Å². The van der Waals surface area contributed by atoms with Crippen LogP contribution in [-0.4, -0.2) is 28.3 Å². The molecule has 158 valence electrons. The number of carbonyl (C=O) groups excluding carboxylic acids is 2. The number of aliphatic hydroxyl groups excluding tert-OH is 1. The molecule has 0 spiro atoms. The Morgan fingerprint density at radius 3 is 2.42 bits per heavy atom. The predicted octanol–water partition coefficient (Wildman–Crippen LogP) is 5.06. The van der Waals surface area contributed by atoms with Crippen LogP contribution in [-0.2, 0) is 16.1 Å². The number of carbonyl (C=O) groups is 2. The second-order valence-corrected chi connectivity index (χ2v) is 7.93. The number of rotatable bonds is 6. The largest absolute Gasteiger partial charge is 0.507 e. The Morgan fingerprint density at radius 1 is 1.10 bits per heavy atom. The Labute approximate surface area is 187 Å². The number of hydrogen-bond acceptors (Lipinski definition) is 5. The van der Waals surface area contributed by atoms with Crippen LogP contribution in [0.25, 0.3) is 5.76 Å². The first-order chi connectivity index (χ1) is 15.0. The van der Waals surface area contributed by atoms with Crippen LogP contribution < -0.4 is 4.74 Å². The van der Waals surface area contributed by atoms with Gasteiger partial charge in [0.15, 0.2) is 0 Å². The van der Waals surface area contributed by atoms with Gasteiger partial charge < -0.3 is 19.2 Å². The fourth-order valence-corrected chi connectivity index (χ4v) is 3.90. The Morgan fingerprint density at radius 2 is 1.81 bits per heavy atom. The summed E-state index contributed by atoms with van der Waals surface area (Å²) in [6.45, 7) is 2.52. The summed E-state index contributed by atoms with van der Waals surface area (Å²) in [6, 6.07) is 16.8. The lowest BCUT2D eigenvalue weighted by Gasteiger charge is -2.24. The van der Waals surface area contributed by atoms with E-state index >= 15 is 0 Å². The Balaban J connectivity index is 1.82. The van der Waals surface area contributed by atoms with Gasteiger partial charge in [0.1, 0.15) is 17.3 Å². The zero-order valence-electron chi connectivity index (χ0n) is 16.7. The topological polar surface area (TPSA) is 80.0 Å². The molecule has 0 bridgehead atoms. The molecule has 0 saturated carbocycles. The number of halogens is 1. The molecular weight excluding hydrogens is 462 g/mol. The second-order valence-electron chi connectivity index (χ2n) is 7.02. The zero-order chi connectivity index (χ0) is 22.0. The molecule has 0 aliphatic carbocycles. The van der Waals surface area contributed by atoms with E-state index in [2.05, 4.69) is 15.9 Å². The molecule has 1 N–H and O–H groups in total. The van der Waals surface area contributed by atoms with Gasteiger partial charge in [-0.25, -0.2) is 0 Å². The van der Waals surface area contributed by atoms with E-state index in [-0.39, 0.29) is 17.9 Å². The molecule has 31 heavy (non-hydrogen) atoms. The Kier molecular flexibility index (Phi) is 5.95. The van der Waals surface area contributed by atoms with Crippen molar-refractivity contribution in [2.24, 2.45) is 0 Å². The third-order valence-electron chi connectivity index (χ3n) is 5.07. The number of ketones is 1. The first-order valence-electron chi connectivity index (χ1n) is 9.79. The van der Waals surface area contributed by atoms with Crippen molar-refractivity contribution in [1.29, 1.82) is 0 Å². The van der Waals surface area contributed by atoms with Crippen LogP contribution in [0.3, 0.4) is 0 Å². The van der Waals surface area contributed by atoms with Gasteiger partial charge in [-0.1, -0.05) is 40.2 Å². The molecule has 1 saturated heterocycles. The third-order valence-corrected chi connectivity index (χ3v) is 5.60. The van der Waals surface area contributed by atoms with Crippen molar-refractivity contribution in [2.45, 2.75) is 19.5 Å². The lowest BCUT2D eigenvalue weighted by Crippen LogP contribution is -2.29. The van der Waals surface area contributed by atoms with Crippen molar-refractivity contribution >= 4 is 33.4 Å². The van der Waals surface area contributed by atoms with E-state index < -0.39 is 17.7 Å². The highest BCUT2D eigenvalue weighted by Crippen LogP contribution is 2.40. The quantitative estimate of drug-likeness (QED) is 0.302. The highest BCUT2D eigenvalue weighted by molar-refractivity contribution is 9.10. The van der Waals surface area contributed by atoms with Crippen molar-refractivity contribution in [3.8, 4) is 5.75 Å². The van der Waals surface area contributed by atoms with Gasteiger partial charge in [-0.2, -0.15) is 0 Å². The van der Waals surface area contributed by atoms with Gasteiger partial charge in [-0.05, 0) is 48.9 Å². The summed E-state index contributed by atoms with van der Waals surface area (Å²) in [5, 5.41) is 11.0. The summed E-state index contributed by atoms with van der Waals surface area (Å²) in [5.74, 6) is -0.407. The summed E-state index contributed by atoms with van der Waals surface area (Å²) < 4.78 is 11.7. The molecule has 1 amide bonds. The lowest BCUT2D eigenvalue weighted by atomic mass is 9.95. The van der Waals surface area contributed by atoms with Crippen LogP contribution in [0.4, 0.5) is 0 Å². The van der Waals surface area contributed by atoms with Crippen molar-refractivity contribution in [3.05, 3.63) is 93.9 Å². The Bertz CT molecular complexity index is 1120. The van der Waals surface area contributed by atoms with Crippen LogP contribution >= 0.6 is 15.9 Å². The van der Waals surface area contributed by atoms with Crippen LogP contribution in [0, 0.1) is 0 Å². The first kappa shape index (κ1) is 20.9. The van der Waals surface area contributed by atoms with Crippen molar-refractivity contribution in [1.82, 2.24) is 4.90 Å². The maximum atomic E-state index is 13.0. The minimum Gasteiger partial charge on any atom is -0.507 e. The number of aliphatic hydroxyl groups is 1. The maximum absolute atomic E-state index is 13.0. The highest BCUT2D eigenvalue weighted by Gasteiger charge is 2.46. The molecule has 2 aromatic carbocycles. The van der Waals surface area contributed by atoms with Crippen LogP contribution in [0.1, 0.15) is 29.9 Å². The summed E-state index contributed by atoms with van der Waals surface area (Å²) in [7, 11) is 0. The summed E-state index contributed by atoms with van der Waals surface area (Å²) >= 11 is 3.36. The van der Waals surface area contributed by atoms with Crippen LogP contribution in [0.5, 0.6) is 5.75 Å². The minimum atomic E-state index is -0.760. The first-order valence-corrected chi connectivity index (χ1v) is 10.6. The van der Waals surface area contributed by atoms with E-state index in [1.54, 1.807) is 60.7 Å². The molecule has 7 heteroatoms. The minimum absolute atomic E-state index is 0.0445. The molecule has 1 aliphatic heterocycles. The number of benzene rings is 2. The molecular formula is C24H20BrNO5. The zero-order valence-corrected chi connectivity index (χ0v) is 18.3. The summed E-state index contributed by atoms with van der Waals surface area (Å²) in [6.07, 6.45) is 1.51. The second kappa shape index (κ2) is 8.81. The molecule has 1 unspecified atom stereocenters. The summed E-state index contributed by atoms with van der Waals surface area (Å²) in [4.78, 5) is 27.4. The van der Waals surface area contributed by atoms with E-state index in [1.807, 2.05) is 6.92 Å². The van der Waals surface area contributed by atoms with E-state index in [0.717, 1.165) is 4.47 Å². The third kappa shape index (κ3) is 4.14. The maximum Gasteiger partial charge on any atom is 0.296 e. The SMILES string of the molecule is CCOc1ccc(C2/C(=C(/O)c3ccc(Br)cc3)C(=O)C(=O)N2Cc2ccco2)cc1. The number of likely N-dealkylation sites (tertiary alicyclic amines) is 1. The predicted molar refractivity (Wildman–Crippen MR) is 118 cm³/mol. The number of Topliss-reactive ketones (excluding diaryl/α,β-unsaturated/α-hetero) is 1. The van der Waals surface area contributed by atoms with Gasteiger partial charge in [0.2, 0.25) is 0 Å².